The monoisotopic (exact) mass is 570 g/mol. The Morgan fingerprint density at radius 2 is 2.00 bits per heavy atom. The molecule has 2 aromatic heterocycles. The number of aromatic carboxylic acids is 1. The highest BCUT2D eigenvalue weighted by atomic mass is 19.1. The van der Waals surface area contributed by atoms with E-state index in [2.05, 4.69) is 19.4 Å². The Morgan fingerprint density at radius 3 is 2.74 bits per heavy atom. The second-order valence-electron chi connectivity index (χ2n) is 10.8. The third-order valence-corrected chi connectivity index (χ3v) is 8.01. The molecule has 10 nitrogen and oxygen atoms in total. The minimum absolute atomic E-state index is 0.00724. The number of carbonyl (C=O) groups is 1. The molecule has 2 fully saturated rings. The number of piperidine rings is 1. The molecule has 0 saturated carbocycles. The molecule has 0 amide bonds. The summed E-state index contributed by atoms with van der Waals surface area (Å²) in [6.07, 6.45) is 5.50. The van der Waals surface area contributed by atoms with Crippen LogP contribution in [-0.2, 0) is 24.4 Å². The normalized spacial score (nSPS) is 17.9. The standard InChI is InChI=1S/C31H31FN6O4/c32-25-14-20(16-33)3-4-23(25)19-42-29-7-10-34-30(36-29)21-8-11-37(12-9-21)18-28-35-26-6-5-22(31(39)40)15-27(26)38(28)17-24-2-1-13-41-24/h3-7,10,14-15,21,24H,1-2,8-9,11-13,17-19H2,(H,39,40)/t24-/m0/s1. The summed E-state index contributed by atoms with van der Waals surface area (Å²) in [7, 11) is 0. The summed E-state index contributed by atoms with van der Waals surface area (Å²) in [4.78, 5) is 28.0. The number of nitriles is 1. The van der Waals surface area contributed by atoms with Crippen molar-refractivity contribution >= 4 is 17.0 Å². The molecule has 0 unspecified atom stereocenters. The molecular weight excluding hydrogens is 539 g/mol. The van der Waals surface area contributed by atoms with Crippen LogP contribution in [0.1, 0.15) is 64.7 Å². The molecule has 4 aromatic rings. The Morgan fingerprint density at radius 1 is 1.14 bits per heavy atom. The van der Waals surface area contributed by atoms with Gasteiger partial charge in [0.2, 0.25) is 5.88 Å². The van der Waals surface area contributed by atoms with Crippen molar-refractivity contribution in [3.05, 3.63) is 82.8 Å². The average molecular weight is 571 g/mol. The lowest BCUT2D eigenvalue weighted by molar-refractivity contribution is 0.0697. The third kappa shape index (κ3) is 6.10. The summed E-state index contributed by atoms with van der Waals surface area (Å²) in [5.74, 6) is 0.725. The topological polar surface area (TPSA) is 126 Å². The van der Waals surface area contributed by atoms with E-state index in [0.717, 1.165) is 62.2 Å². The Labute approximate surface area is 242 Å². The Hall–Kier alpha value is -4.40. The second kappa shape index (κ2) is 12.2. The maximum atomic E-state index is 14.2. The van der Waals surface area contributed by atoms with Crippen LogP contribution in [0, 0.1) is 17.1 Å². The van der Waals surface area contributed by atoms with Crippen LogP contribution < -0.4 is 4.74 Å². The number of nitrogens with zero attached hydrogens (tertiary/aromatic N) is 6. The first kappa shape index (κ1) is 27.8. The van der Waals surface area contributed by atoms with Crippen LogP contribution in [0.15, 0.2) is 48.7 Å². The highest BCUT2D eigenvalue weighted by molar-refractivity contribution is 5.92. The number of fused-ring (bicyclic) bond motifs is 1. The van der Waals surface area contributed by atoms with Crippen LogP contribution in [0.3, 0.4) is 0 Å². The van der Waals surface area contributed by atoms with Gasteiger partial charge in [-0.1, -0.05) is 6.07 Å². The highest BCUT2D eigenvalue weighted by Gasteiger charge is 2.26. The van der Waals surface area contributed by atoms with Gasteiger partial charge in [0.05, 0.1) is 47.4 Å². The van der Waals surface area contributed by atoms with Crippen molar-refractivity contribution in [3.8, 4) is 11.9 Å². The van der Waals surface area contributed by atoms with Crippen LogP contribution in [0.2, 0.25) is 0 Å². The number of carboxylic acids is 1. The molecule has 4 heterocycles. The maximum Gasteiger partial charge on any atom is 0.335 e. The molecule has 1 atom stereocenters. The Balaban J connectivity index is 1.11. The zero-order valence-electron chi connectivity index (χ0n) is 23.1. The van der Waals surface area contributed by atoms with Crippen molar-refractivity contribution in [1.29, 1.82) is 5.26 Å². The van der Waals surface area contributed by atoms with Crippen LogP contribution in [-0.4, -0.2) is 61.3 Å². The number of benzene rings is 2. The van der Waals surface area contributed by atoms with E-state index in [1.54, 1.807) is 42.6 Å². The van der Waals surface area contributed by atoms with Gasteiger partial charge in [-0.2, -0.15) is 10.2 Å². The first-order valence-corrected chi connectivity index (χ1v) is 14.2. The van der Waals surface area contributed by atoms with E-state index in [0.29, 0.717) is 30.4 Å². The average Bonchev–Trinajstić information content (AvgIpc) is 3.65. The van der Waals surface area contributed by atoms with Crippen molar-refractivity contribution in [2.24, 2.45) is 0 Å². The molecule has 216 valence electrons. The fraction of sp³-hybridized carbons (Fsp3) is 0.387. The summed E-state index contributed by atoms with van der Waals surface area (Å²) in [6, 6.07) is 13.0. The summed E-state index contributed by atoms with van der Waals surface area (Å²) in [5, 5.41) is 18.5. The molecule has 0 aliphatic carbocycles. The molecule has 6 rings (SSSR count). The minimum atomic E-state index is -0.955. The van der Waals surface area contributed by atoms with Crippen molar-refractivity contribution < 1.29 is 23.8 Å². The molecule has 1 N–H and O–H groups in total. The Kier molecular flexibility index (Phi) is 8.08. The first-order valence-electron chi connectivity index (χ1n) is 14.2. The molecule has 0 radical (unpaired) electrons. The second-order valence-corrected chi connectivity index (χ2v) is 10.8. The number of carboxylic acid groups (broad SMARTS) is 1. The van der Waals surface area contributed by atoms with Gasteiger partial charge in [0.25, 0.3) is 0 Å². The van der Waals surface area contributed by atoms with E-state index in [9.17, 15) is 14.3 Å². The van der Waals surface area contributed by atoms with Crippen molar-refractivity contribution in [2.45, 2.75) is 57.4 Å². The summed E-state index contributed by atoms with van der Waals surface area (Å²) in [5.41, 5.74) is 2.47. The molecule has 42 heavy (non-hydrogen) atoms. The van der Waals surface area contributed by atoms with Crippen molar-refractivity contribution in [3.63, 3.8) is 0 Å². The Bertz CT molecular complexity index is 1640. The van der Waals surface area contributed by atoms with Crippen molar-refractivity contribution in [2.75, 3.05) is 19.7 Å². The van der Waals surface area contributed by atoms with Crippen molar-refractivity contribution in [1.82, 2.24) is 24.4 Å². The van der Waals surface area contributed by atoms with Gasteiger partial charge in [-0.3, -0.25) is 4.90 Å². The van der Waals surface area contributed by atoms with Gasteiger partial charge in [0.15, 0.2) is 0 Å². The van der Waals surface area contributed by atoms with Gasteiger partial charge in [0.1, 0.15) is 24.1 Å². The van der Waals surface area contributed by atoms with Crippen LogP contribution in [0.25, 0.3) is 11.0 Å². The number of hydrogen-bond donors (Lipinski definition) is 1. The molecule has 2 aromatic carbocycles. The predicted octanol–water partition coefficient (Wildman–Crippen LogP) is 4.67. The SMILES string of the molecule is N#Cc1ccc(COc2ccnc(C3CCN(Cc4nc5ccc(C(=O)O)cc5n4C[C@@H]4CCCO4)CC3)n2)c(F)c1. The number of aromatic nitrogens is 4. The predicted molar refractivity (Wildman–Crippen MR) is 150 cm³/mol. The summed E-state index contributed by atoms with van der Waals surface area (Å²) >= 11 is 0. The zero-order chi connectivity index (χ0) is 29.1. The number of likely N-dealkylation sites (tertiary alicyclic amines) is 1. The number of imidazole rings is 1. The van der Waals surface area contributed by atoms with E-state index in [4.69, 9.17) is 19.7 Å². The van der Waals surface area contributed by atoms with E-state index in [1.165, 1.54) is 6.07 Å². The fourth-order valence-corrected chi connectivity index (χ4v) is 5.69. The lowest BCUT2D eigenvalue weighted by Crippen LogP contribution is -2.34. The van der Waals surface area contributed by atoms with Gasteiger partial charge >= 0.3 is 5.97 Å². The van der Waals surface area contributed by atoms with Gasteiger partial charge in [-0.15, -0.1) is 0 Å². The number of rotatable bonds is 9. The third-order valence-electron chi connectivity index (χ3n) is 8.01. The summed E-state index contributed by atoms with van der Waals surface area (Å²) < 4.78 is 28.0. The van der Waals surface area contributed by atoms with E-state index >= 15 is 0 Å². The highest BCUT2D eigenvalue weighted by Crippen LogP contribution is 2.29. The number of ether oxygens (including phenoxy) is 2. The lowest BCUT2D eigenvalue weighted by Gasteiger charge is -2.31. The maximum absolute atomic E-state index is 14.2. The molecular formula is C31H31FN6O4. The molecule has 2 aliphatic heterocycles. The van der Waals surface area contributed by atoms with E-state index in [-0.39, 0.29) is 29.8 Å². The molecule has 2 aliphatic rings. The fourth-order valence-electron chi connectivity index (χ4n) is 5.69. The summed E-state index contributed by atoms with van der Waals surface area (Å²) in [6.45, 7) is 3.72. The zero-order valence-corrected chi connectivity index (χ0v) is 23.1. The van der Waals surface area contributed by atoms with Crippen LogP contribution in [0.4, 0.5) is 4.39 Å². The van der Waals surface area contributed by atoms with E-state index in [1.807, 2.05) is 6.07 Å². The molecule has 2 saturated heterocycles. The van der Waals surface area contributed by atoms with Crippen LogP contribution in [0.5, 0.6) is 5.88 Å². The first-order chi connectivity index (χ1) is 20.5. The van der Waals surface area contributed by atoms with Crippen LogP contribution >= 0.6 is 0 Å². The number of hydrogen-bond acceptors (Lipinski definition) is 8. The largest absolute Gasteiger partial charge is 0.478 e. The molecule has 0 spiro atoms. The quantitative estimate of drug-likeness (QED) is 0.305. The van der Waals surface area contributed by atoms with Gasteiger partial charge < -0.3 is 19.1 Å². The minimum Gasteiger partial charge on any atom is -0.478 e. The molecule has 11 heteroatoms. The van der Waals surface area contributed by atoms with Gasteiger partial charge in [-0.25, -0.2) is 19.2 Å². The molecule has 0 bridgehead atoms. The number of halogens is 1. The lowest BCUT2D eigenvalue weighted by atomic mass is 9.96. The smallest absolute Gasteiger partial charge is 0.335 e. The van der Waals surface area contributed by atoms with Gasteiger partial charge in [0, 0.05) is 30.4 Å². The van der Waals surface area contributed by atoms with Gasteiger partial charge in [-0.05, 0) is 69.1 Å². The van der Waals surface area contributed by atoms with E-state index < -0.39 is 11.8 Å².